The van der Waals surface area contributed by atoms with Crippen LogP contribution in [0.5, 0.6) is 0 Å². The van der Waals surface area contributed by atoms with Gasteiger partial charge in [0.15, 0.2) is 0 Å². The number of allylic oxidation sites excluding steroid dienone is 2. The van der Waals surface area contributed by atoms with Gasteiger partial charge in [0.05, 0.1) is 0 Å². The summed E-state index contributed by atoms with van der Waals surface area (Å²) in [5.74, 6) is -0.325. The molecule has 0 heterocycles. The lowest BCUT2D eigenvalue weighted by Gasteiger charge is -1.80. The van der Waals surface area contributed by atoms with E-state index >= 15 is 0 Å². The van der Waals surface area contributed by atoms with Gasteiger partial charge in [-0.25, -0.2) is 0 Å². The van der Waals surface area contributed by atoms with Crippen molar-refractivity contribution in [3.05, 3.63) is 24.4 Å². The third-order valence-electron chi connectivity index (χ3n) is 0.887. The Balaban J connectivity index is 3.51. The van der Waals surface area contributed by atoms with E-state index in [0.717, 1.165) is 0 Å². The van der Waals surface area contributed by atoms with Crippen molar-refractivity contribution in [3.8, 4) is 0 Å². The Bertz CT molecular complexity index is 192. The van der Waals surface area contributed by atoms with Crippen molar-refractivity contribution in [2.45, 2.75) is 13.3 Å². The molecule has 0 fully saturated rings. The van der Waals surface area contributed by atoms with Crippen LogP contribution in [0.3, 0.4) is 0 Å². The largest absolute Gasteiger partial charge is 0.369 e. The van der Waals surface area contributed by atoms with E-state index in [-0.39, 0.29) is 12.3 Å². The Kier molecular flexibility index (Phi) is 5.89. The van der Waals surface area contributed by atoms with Crippen molar-refractivity contribution in [2.75, 3.05) is 0 Å². The smallest absolute Gasteiger partial charge is 0.221 e. The van der Waals surface area contributed by atoms with E-state index in [4.69, 9.17) is 5.73 Å². The lowest BCUT2D eigenvalue weighted by atomic mass is 10.3. The minimum Gasteiger partial charge on any atom is -0.369 e. The molecule has 0 bridgehead atoms. The fraction of sp³-hybridized carbons (Fsp3) is 0.250. The number of nitrogens with two attached hydrogens (primary N) is 1. The van der Waals surface area contributed by atoms with Crippen LogP contribution >= 0.6 is 0 Å². The van der Waals surface area contributed by atoms with Gasteiger partial charge in [0, 0.05) is 18.8 Å². The number of amides is 1. The molecule has 60 valence electrons. The first-order chi connectivity index (χ1) is 5.27. The molecule has 0 aliphatic heterocycles. The van der Waals surface area contributed by atoms with Gasteiger partial charge in [0.25, 0.3) is 0 Å². The summed E-state index contributed by atoms with van der Waals surface area (Å²) in [7, 11) is 0. The predicted molar refractivity (Wildman–Crippen MR) is 46.3 cm³/mol. The normalized spacial score (nSPS) is 12.1. The monoisotopic (exact) mass is 152 g/mol. The topological polar surface area (TPSA) is 55.4 Å². The van der Waals surface area contributed by atoms with Crippen LogP contribution in [0.1, 0.15) is 13.3 Å². The molecule has 0 saturated heterocycles. The highest BCUT2D eigenvalue weighted by molar-refractivity contribution is 5.75. The van der Waals surface area contributed by atoms with Gasteiger partial charge in [-0.05, 0) is 13.0 Å². The summed E-state index contributed by atoms with van der Waals surface area (Å²) < 4.78 is 0. The Morgan fingerprint density at radius 3 is 2.82 bits per heavy atom. The van der Waals surface area contributed by atoms with Crippen molar-refractivity contribution in [1.82, 2.24) is 0 Å². The van der Waals surface area contributed by atoms with Crippen LogP contribution in [0.2, 0.25) is 0 Å². The van der Waals surface area contributed by atoms with Gasteiger partial charge in [-0.2, -0.15) is 0 Å². The zero-order chi connectivity index (χ0) is 8.53. The van der Waals surface area contributed by atoms with E-state index in [0.29, 0.717) is 0 Å². The van der Waals surface area contributed by atoms with Gasteiger partial charge >= 0.3 is 0 Å². The van der Waals surface area contributed by atoms with Gasteiger partial charge in [-0.15, -0.1) is 0 Å². The molecule has 0 aliphatic carbocycles. The summed E-state index contributed by atoms with van der Waals surface area (Å²) in [6.07, 6.45) is 8.75. The summed E-state index contributed by atoms with van der Waals surface area (Å²) in [4.78, 5) is 14.0. The van der Waals surface area contributed by atoms with Crippen molar-refractivity contribution < 1.29 is 4.79 Å². The zero-order valence-corrected chi connectivity index (χ0v) is 6.53. The van der Waals surface area contributed by atoms with Gasteiger partial charge in [0.1, 0.15) is 0 Å². The second-order valence-corrected chi connectivity index (χ2v) is 1.85. The van der Waals surface area contributed by atoms with E-state index in [9.17, 15) is 4.79 Å². The molecule has 0 unspecified atom stereocenters. The molecular formula is C8H12N2O. The molecule has 0 aromatic rings. The van der Waals surface area contributed by atoms with Crippen LogP contribution < -0.4 is 5.73 Å². The van der Waals surface area contributed by atoms with Crippen LogP contribution in [0.15, 0.2) is 29.4 Å². The van der Waals surface area contributed by atoms with Crippen LogP contribution in [0, 0.1) is 0 Å². The number of rotatable bonds is 4. The minimum absolute atomic E-state index is 0.278. The van der Waals surface area contributed by atoms with E-state index in [1.54, 1.807) is 30.6 Å². The Hall–Kier alpha value is -1.38. The van der Waals surface area contributed by atoms with Crippen molar-refractivity contribution in [2.24, 2.45) is 10.7 Å². The van der Waals surface area contributed by atoms with Crippen molar-refractivity contribution in [3.63, 3.8) is 0 Å². The first kappa shape index (κ1) is 9.62. The first-order valence-corrected chi connectivity index (χ1v) is 3.35. The average Bonchev–Trinajstić information content (AvgIpc) is 1.96. The Labute approximate surface area is 66.3 Å². The summed E-state index contributed by atoms with van der Waals surface area (Å²) in [6, 6.07) is 0. The Morgan fingerprint density at radius 1 is 1.55 bits per heavy atom. The number of carbonyl (C=O) groups is 1. The lowest BCUT2D eigenvalue weighted by Crippen LogP contribution is -2.07. The van der Waals surface area contributed by atoms with Gasteiger partial charge in [-0.3, -0.25) is 9.79 Å². The van der Waals surface area contributed by atoms with Crippen LogP contribution in [0.4, 0.5) is 0 Å². The second-order valence-electron chi connectivity index (χ2n) is 1.85. The van der Waals surface area contributed by atoms with E-state index in [2.05, 4.69) is 4.99 Å². The molecule has 2 N–H and O–H groups in total. The fourth-order valence-electron chi connectivity index (χ4n) is 0.448. The number of carbonyl (C=O) groups excluding carboxylic acids is 1. The van der Waals surface area contributed by atoms with Gasteiger partial charge in [0.2, 0.25) is 5.91 Å². The maximum Gasteiger partial charge on any atom is 0.221 e. The van der Waals surface area contributed by atoms with Gasteiger partial charge in [-0.1, -0.05) is 12.2 Å². The number of hydrogen-bond acceptors (Lipinski definition) is 2. The third kappa shape index (κ3) is 8.62. The predicted octanol–water partition coefficient (Wildman–Crippen LogP) is 1.02. The second kappa shape index (κ2) is 6.74. The third-order valence-corrected chi connectivity index (χ3v) is 0.887. The van der Waals surface area contributed by atoms with E-state index in [1.807, 2.05) is 6.92 Å². The van der Waals surface area contributed by atoms with Crippen LogP contribution in [-0.2, 0) is 4.79 Å². The van der Waals surface area contributed by atoms with Gasteiger partial charge < -0.3 is 5.73 Å². The average molecular weight is 152 g/mol. The molecule has 3 nitrogen and oxygen atoms in total. The highest BCUT2D eigenvalue weighted by Crippen LogP contribution is 1.82. The Morgan fingerprint density at radius 2 is 2.27 bits per heavy atom. The zero-order valence-electron chi connectivity index (χ0n) is 6.53. The lowest BCUT2D eigenvalue weighted by molar-refractivity contribution is -0.117. The van der Waals surface area contributed by atoms with Crippen LogP contribution in [0.25, 0.3) is 0 Å². The molecule has 0 saturated carbocycles. The van der Waals surface area contributed by atoms with Crippen molar-refractivity contribution >= 4 is 12.1 Å². The molecule has 0 atom stereocenters. The standard InChI is InChI=1S/C8H12N2O/c1-2-10-7-5-3-4-6-8(9)11/h2-5,7H,6H2,1H3,(H2,9,11)/b4-3-,7-5-,10-2?. The quantitative estimate of drug-likeness (QED) is 0.474. The number of aliphatic imine (C=N–C) groups is 1. The van der Waals surface area contributed by atoms with E-state index in [1.165, 1.54) is 0 Å². The molecule has 0 aromatic carbocycles. The summed E-state index contributed by atoms with van der Waals surface area (Å²) in [5, 5.41) is 0. The molecule has 0 radical (unpaired) electrons. The van der Waals surface area contributed by atoms with E-state index < -0.39 is 0 Å². The molecule has 0 aromatic heterocycles. The van der Waals surface area contributed by atoms with Crippen LogP contribution in [-0.4, -0.2) is 12.1 Å². The van der Waals surface area contributed by atoms with Crippen molar-refractivity contribution in [1.29, 1.82) is 0 Å². The summed E-state index contributed by atoms with van der Waals surface area (Å²) in [6.45, 7) is 1.83. The first-order valence-electron chi connectivity index (χ1n) is 3.35. The fourth-order valence-corrected chi connectivity index (χ4v) is 0.448. The highest BCUT2D eigenvalue weighted by Gasteiger charge is 1.83. The summed E-state index contributed by atoms with van der Waals surface area (Å²) >= 11 is 0. The molecule has 0 spiro atoms. The molecule has 3 heteroatoms. The minimum atomic E-state index is -0.325. The SMILES string of the molecule is CC=N/C=C\C=C/CC(N)=O. The number of nitrogens with zero attached hydrogens (tertiary/aromatic N) is 1. The number of hydrogen-bond donors (Lipinski definition) is 1. The maximum atomic E-state index is 10.2. The molecular weight excluding hydrogens is 140 g/mol. The molecule has 0 aliphatic rings. The molecule has 1 amide bonds. The highest BCUT2D eigenvalue weighted by atomic mass is 16.1. The maximum absolute atomic E-state index is 10.2. The number of primary amides is 1. The molecule has 0 rings (SSSR count). The summed E-state index contributed by atoms with van der Waals surface area (Å²) in [5.41, 5.74) is 4.89. The molecule has 11 heavy (non-hydrogen) atoms.